The van der Waals surface area contributed by atoms with Crippen LogP contribution in [0.2, 0.25) is 0 Å². The zero-order chi connectivity index (χ0) is 21.7. The molecule has 0 aromatic heterocycles. The van der Waals surface area contributed by atoms with E-state index in [1.54, 1.807) is 36.4 Å². The minimum atomic E-state index is -4.00. The number of sulfonamides is 1. The molecule has 0 bridgehead atoms. The van der Waals surface area contributed by atoms with Gasteiger partial charge in [0, 0.05) is 18.7 Å². The standard InChI is InChI=1S/C21H21N3O4S2/c1-3-13-24-20(26)18(14-19(25)22-16-7-5-4-6-8-16)29-21(24)23-30(27,28)17-11-9-15(2)10-12-17/h3-12,18H,1,13-14H2,2H3,(H,22,25). The molecule has 1 saturated heterocycles. The highest BCUT2D eigenvalue weighted by atomic mass is 32.2. The molecule has 9 heteroatoms. The fourth-order valence-corrected chi connectivity index (χ4v) is 5.14. The highest BCUT2D eigenvalue weighted by molar-refractivity contribution is 8.16. The van der Waals surface area contributed by atoms with Crippen LogP contribution in [0.4, 0.5) is 5.69 Å². The van der Waals surface area contributed by atoms with Gasteiger partial charge in [-0.25, -0.2) is 0 Å². The zero-order valence-electron chi connectivity index (χ0n) is 16.3. The Morgan fingerprint density at radius 1 is 1.20 bits per heavy atom. The molecule has 3 rings (SSSR count). The van der Waals surface area contributed by atoms with Crippen LogP contribution in [0.25, 0.3) is 0 Å². The number of amidine groups is 1. The quantitative estimate of drug-likeness (QED) is 0.663. The number of para-hydroxylation sites is 1. The van der Waals surface area contributed by atoms with Crippen LogP contribution in [-0.4, -0.2) is 42.1 Å². The number of hydrogen-bond donors (Lipinski definition) is 1. The minimum Gasteiger partial charge on any atom is -0.326 e. The van der Waals surface area contributed by atoms with Gasteiger partial charge in [0.2, 0.25) is 11.8 Å². The maximum absolute atomic E-state index is 12.8. The van der Waals surface area contributed by atoms with Crippen molar-refractivity contribution in [2.75, 3.05) is 11.9 Å². The Balaban J connectivity index is 1.80. The van der Waals surface area contributed by atoms with Gasteiger partial charge in [-0.3, -0.25) is 14.5 Å². The lowest BCUT2D eigenvalue weighted by atomic mass is 10.2. The molecule has 1 unspecified atom stereocenters. The Labute approximate surface area is 179 Å². The van der Waals surface area contributed by atoms with Gasteiger partial charge < -0.3 is 5.32 Å². The first-order valence-corrected chi connectivity index (χ1v) is 11.5. The molecule has 1 fully saturated rings. The van der Waals surface area contributed by atoms with Gasteiger partial charge in [-0.1, -0.05) is 53.7 Å². The fraction of sp³-hybridized carbons (Fsp3) is 0.190. The minimum absolute atomic E-state index is 0.0393. The number of carbonyl (C=O) groups is 2. The van der Waals surface area contributed by atoms with Gasteiger partial charge in [-0.2, -0.15) is 8.42 Å². The van der Waals surface area contributed by atoms with Crippen LogP contribution >= 0.6 is 11.8 Å². The van der Waals surface area contributed by atoms with Gasteiger partial charge in [-0.15, -0.1) is 11.0 Å². The summed E-state index contributed by atoms with van der Waals surface area (Å²) in [4.78, 5) is 26.4. The van der Waals surface area contributed by atoms with Crippen LogP contribution in [0, 0.1) is 6.92 Å². The number of anilines is 1. The molecule has 0 radical (unpaired) electrons. The smallest absolute Gasteiger partial charge is 0.284 e. The fourth-order valence-electron chi connectivity index (χ4n) is 2.77. The highest BCUT2D eigenvalue weighted by Gasteiger charge is 2.39. The van der Waals surface area contributed by atoms with E-state index in [-0.39, 0.29) is 34.8 Å². The van der Waals surface area contributed by atoms with E-state index in [1.807, 2.05) is 13.0 Å². The summed E-state index contributed by atoms with van der Waals surface area (Å²) in [5, 5.41) is 2.01. The summed E-state index contributed by atoms with van der Waals surface area (Å²) in [5.74, 6) is -0.714. The first-order chi connectivity index (χ1) is 14.3. The van der Waals surface area contributed by atoms with Crippen LogP contribution < -0.4 is 5.32 Å². The lowest BCUT2D eigenvalue weighted by molar-refractivity contribution is -0.127. The van der Waals surface area contributed by atoms with E-state index in [1.165, 1.54) is 23.1 Å². The Morgan fingerprint density at radius 3 is 2.50 bits per heavy atom. The maximum Gasteiger partial charge on any atom is 0.284 e. The summed E-state index contributed by atoms with van der Waals surface area (Å²) >= 11 is 0.969. The van der Waals surface area contributed by atoms with Crippen molar-refractivity contribution in [2.45, 2.75) is 23.5 Å². The van der Waals surface area contributed by atoms with Crippen molar-refractivity contribution in [2.24, 2.45) is 4.40 Å². The first-order valence-electron chi connectivity index (χ1n) is 9.15. The second-order valence-electron chi connectivity index (χ2n) is 6.62. The van der Waals surface area contributed by atoms with E-state index in [2.05, 4.69) is 16.3 Å². The van der Waals surface area contributed by atoms with Crippen molar-refractivity contribution in [3.8, 4) is 0 Å². The summed E-state index contributed by atoms with van der Waals surface area (Å²) < 4.78 is 29.2. The molecular weight excluding hydrogens is 422 g/mol. The Bertz CT molecular complexity index is 1080. The maximum atomic E-state index is 12.8. The molecule has 0 saturated carbocycles. The van der Waals surface area contributed by atoms with Crippen LogP contribution in [0.5, 0.6) is 0 Å². The molecule has 1 aliphatic heterocycles. The van der Waals surface area contributed by atoms with Crippen molar-refractivity contribution in [1.29, 1.82) is 0 Å². The number of aryl methyl sites for hydroxylation is 1. The van der Waals surface area contributed by atoms with E-state index in [4.69, 9.17) is 0 Å². The summed E-state index contributed by atoms with van der Waals surface area (Å²) in [7, 11) is -4.00. The lowest BCUT2D eigenvalue weighted by Crippen LogP contribution is -2.33. The molecule has 2 aromatic carbocycles. The summed E-state index contributed by atoms with van der Waals surface area (Å²) in [5.41, 5.74) is 1.54. The molecular formula is C21H21N3O4S2. The molecule has 156 valence electrons. The number of carbonyl (C=O) groups excluding carboxylic acids is 2. The van der Waals surface area contributed by atoms with Gasteiger partial charge in [0.25, 0.3) is 10.0 Å². The first kappa shape index (κ1) is 21.8. The van der Waals surface area contributed by atoms with Crippen LogP contribution in [-0.2, 0) is 19.6 Å². The van der Waals surface area contributed by atoms with E-state index in [9.17, 15) is 18.0 Å². The lowest BCUT2D eigenvalue weighted by Gasteiger charge is -2.13. The van der Waals surface area contributed by atoms with E-state index >= 15 is 0 Å². The average molecular weight is 444 g/mol. The molecule has 1 atom stereocenters. The summed E-state index contributed by atoms with van der Waals surface area (Å²) in [6.07, 6.45) is 1.38. The number of benzene rings is 2. The Hall–Kier alpha value is -2.91. The SMILES string of the molecule is C=CCN1C(=O)C(CC(=O)Nc2ccccc2)SC1=NS(=O)(=O)c1ccc(C)cc1. The number of nitrogens with one attached hydrogen (secondary N) is 1. The van der Waals surface area contributed by atoms with Gasteiger partial charge in [-0.05, 0) is 31.2 Å². The Morgan fingerprint density at radius 2 is 1.87 bits per heavy atom. The van der Waals surface area contributed by atoms with Crippen molar-refractivity contribution in [1.82, 2.24) is 4.90 Å². The number of nitrogens with zero attached hydrogens (tertiary/aromatic N) is 2. The largest absolute Gasteiger partial charge is 0.326 e. The normalized spacial score (nSPS) is 17.9. The van der Waals surface area contributed by atoms with E-state index in [0.717, 1.165) is 17.3 Å². The van der Waals surface area contributed by atoms with Crippen molar-refractivity contribution >= 4 is 44.5 Å². The predicted molar refractivity (Wildman–Crippen MR) is 119 cm³/mol. The zero-order valence-corrected chi connectivity index (χ0v) is 17.9. The molecule has 1 heterocycles. The molecule has 0 spiro atoms. The molecule has 30 heavy (non-hydrogen) atoms. The second kappa shape index (κ2) is 9.27. The van der Waals surface area contributed by atoms with Gasteiger partial charge in [0.15, 0.2) is 5.17 Å². The Kier molecular flexibility index (Phi) is 6.73. The summed E-state index contributed by atoms with van der Waals surface area (Å²) in [6, 6.07) is 15.2. The topological polar surface area (TPSA) is 95.9 Å². The average Bonchev–Trinajstić information content (AvgIpc) is 2.97. The third kappa shape index (κ3) is 5.17. The monoisotopic (exact) mass is 443 g/mol. The van der Waals surface area contributed by atoms with Gasteiger partial charge in [0.05, 0.1) is 4.90 Å². The molecule has 1 aliphatic rings. The van der Waals surface area contributed by atoms with Crippen molar-refractivity contribution in [3.05, 3.63) is 72.8 Å². The van der Waals surface area contributed by atoms with Crippen LogP contribution in [0.1, 0.15) is 12.0 Å². The third-order valence-electron chi connectivity index (χ3n) is 4.28. The molecule has 7 nitrogen and oxygen atoms in total. The number of hydrogen-bond acceptors (Lipinski definition) is 5. The molecule has 0 aliphatic carbocycles. The third-order valence-corrected chi connectivity index (χ3v) is 6.85. The van der Waals surface area contributed by atoms with Crippen LogP contribution in [0.15, 0.2) is 76.5 Å². The second-order valence-corrected chi connectivity index (χ2v) is 9.40. The number of thioether (sulfide) groups is 1. The number of amides is 2. The molecule has 2 aromatic rings. The summed E-state index contributed by atoms with van der Waals surface area (Å²) in [6.45, 7) is 5.57. The van der Waals surface area contributed by atoms with Crippen molar-refractivity contribution in [3.63, 3.8) is 0 Å². The van der Waals surface area contributed by atoms with E-state index < -0.39 is 15.3 Å². The molecule has 1 N–H and O–H groups in total. The van der Waals surface area contributed by atoms with Gasteiger partial charge >= 0.3 is 0 Å². The van der Waals surface area contributed by atoms with E-state index in [0.29, 0.717) is 5.69 Å². The molecule has 2 amide bonds. The van der Waals surface area contributed by atoms with Crippen LogP contribution in [0.3, 0.4) is 0 Å². The predicted octanol–water partition coefficient (Wildman–Crippen LogP) is 3.20. The van der Waals surface area contributed by atoms with Crippen molar-refractivity contribution < 1.29 is 18.0 Å². The van der Waals surface area contributed by atoms with Gasteiger partial charge in [0.1, 0.15) is 5.25 Å². The number of rotatable bonds is 7. The highest BCUT2D eigenvalue weighted by Crippen LogP contribution is 2.31.